The van der Waals surface area contributed by atoms with Crippen LogP contribution in [-0.2, 0) is 14.3 Å². The third kappa shape index (κ3) is 36.5. The van der Waals surface area contributed by atoms with E-state index in [-0.39, 0.29) is 12.6 Å². The highest BCUT2D eigenvalue weighted by atomic mass is 16.5. The van der Waals surface area contributed by atoms with E-state index in [0.717, 1.165) is 82.3 Å². The molecule has 0 rings (SSSR count). The molecule has 0 saturated carbocycles. The summed E-state index contributed by atoms with van der Waals surface area (Å²) in [6.07, 6.45) is 40.8. The van der Waals surface area contributed by atoms with Crippen molar-refractivity contribution >= 4 is 11.8 Å². The fourth-order valence-corrected chi connectivity index (χ4v) is 7.91. The molecule has 0 aliphatic carbocycles. The monoisotopic (exact) mass is 750 g/mol. The Hall–Kier alpha value is -0.940. The average Bonchev–Trinajstić information content (AvgIpc) is 3.16. The van der Waals surface area contributed by atoms with Crippen LogP contribution < -0.4 is 0 Å². The predicted octanol–water partition coefficient (Wildman–Crippen LogP) is 14.2. The van der Waals surface area contributed by atoms with Gasteiger partial charge in [0.1, 0.15) is 5.78 Å². The third-order valence-corrected chi connectivity index (χ3v) is 12.1. The normalized spacial score (nSPS) is 12.9. The van der Waals surface area contributed by atoms with Crippen LogP contribution in [0.4, 0.5) is 0 Å². The second-order valence-corrected chi connectivity index (χ2v) is 17.1. The molecule has 0 spiro atoms. The largest absolute Gasteiger partial charge is 0.466 e. The van der Waals surface area contributed by atoms with Crippen LogP contribution in [0.2, 0.25) is 0 Å². The zero-order chi connectivity index (χ0) is 39.0. The fourth-order valence-electron chi connectivity index (χ4n) is 7.91. The fraction of sp³-hybridized carbons (Fsp3) is 0.958. The number of Topliss-reactive ketones (excluding diaryl/α,β-unsaturated/α-hetero) is 1. The molecule has 0 heterocycles. The number of carbonyl (C=O) groups excluding carboxylic acids is 2. The summed E-state index contributed by atoms with van der Waals surface area (Å²) in [6.45, 7) is 15.3. The van der Waals surface area contributed by atoms with Crippen LogP contribution in [0.1, 0.15) is 247 Å². The van der Waals surface area contributed by atoms with E-state index in [9.17, 15) is 14.7 Å². The molecule has 0 aromatic carbocycles. The number of aliphatic hydroxyl groups is 1. The van der Waals surface area contributed by atoms with Gasteiger partial charge in [-0.05, 0) is 62.9 Å². The lowest BCUT2D eigenvalue weighted by Crippen LogP contribution is -2.29. The Bertz CT molecular complexity index is 757. The van der Waals surface area contributed by atoms with Gasteiger partial charge in [0.05, 0.1) is 13.2 Å². The number of nitrogens with zero attached hydrogens (tertiary/aromatic N) is 1. The molecule has 0 amide bonds. The van der Waals surface area contributed by atoms with Crippen LogP contribution in [0, 0.1) is 17.8 Å². The molecule has 0 aliphatic heterocycles. The van der Waals surface area contributed by atoms with Crippen LogP contribution in [0.5, 0.6) is 0 Å². The smallest absolute Gasteiger partial charge is 0.305 e. The Morgan fingerprint density at radius 2 is 0.943 bits per heavy atom. The first-order valence-electron chi connectivity index (χ1n) is 23.9. The zero-order valence-electron chi connectivity index (χ0n) is 36.7. The van der Waals surface area contributed by atoms with E-state index in [0.29, 0.717) is 31.7 Å². The number of carbonyl (C=O) groups is 2. The van der Waals surface area contributed by atoms with Crippen LogP contribution in [0.25, 0.3) is 0 Å². The summed E-state index contributed by atoms with van der Waals surface area (Å²) in [5, 5.41) is 9.60. The van der Waals surface area contributed by atoms with Crippen LogP contribution in [0.15, 0.2) is 0 Å². The molecule has 0 radical (unpaired) electrons. The quantitative estimate of drug-likeness (QED) is 0.0497. The molecule has 5 heteroatoms. The SMILES string of the molecule is CCCCCCCCC(CCCCCCCC)CCC(C)C(C)CCCCCCN(CCO)CCCCCCCC(=O)OCCCCCCC(=O)CC. The second-order valence-electron chi connectivity index (χ2n) is 17.1. The molecule has 2 atom stereocenters. The van der Waals surface area contributed by atoms with Crippen molar-refractivity contribution < 1.29 is 19.4 Å². The Morgan fingerprint density at radius 1 is 0.491 bits per heavy atom. The van der Waals surface area contributed by atoms with Gasteiger partial charge in [-0.1, -0.05) is 195 Å². The summed E-state index contributed by atoms with van der Waals surface area (Å²) in [6, 6.07) is 0. The number of unbranched alkanes of at least 4 members (excludes halogenated alkanes) is 20. The van der Waals surface area contributed by atoms with Gasteiger partial charge in [-0.15, -0.1) is 0 Å². The van der Waals surface area contributed by atoms with Gasteiger partial charge in [-0.2, -0.15) is 0 Å². The molecular formula is C48H95NO4. The maximum absolute atomic E-state index is 12.0. The minimum absolute atomic E-state index is 0.0643. The van der Waals surface area contributed by atoms with Gasteiger partial charge in [0, 0.05) is 25.8 Å². The van der Waals surface area contributed by atoms with E-state index in [2.05, 4.69) is 32.6 Å². The summed E-state index contributed by atoms with van der Waals surface area (Å²) in [5.74, 6) is 2.91. The maximum atomic E-state index is 12.0. The first kappa shape index (κ1) is 52.1. The Balaban J connectivity index is 4.02. The third-order valence-electron chi connectivity index (χ3n) is 12.1. The van der Waals surface area contributed by atoms with Gasteiger partial charge in [0.15, 0.2) is 0 Å². The lowest BCUT2D eigenvalue weighted by atomic mass is 9.82. The summed E-state index contributed by atoms with van der Waals surface area (Å²) >= 11 is 0. The molecule has 0 aromatic heterocycles. The molecule has 1 N–H and O–H groups in total. The summed E-state index contributed by atoms with van der Waals surface area (Å²) < 4.78 is 5.39. The van der Waals surface area contributed by atoms with Gasteiger partial charge in [0.2, 0.25) is 0 Å². The molecular weight excluding hydrogens is 655 g/mol. The van der Waals surface area contributed by atoms with E-state index >= 15 is 0 Å². The van der Waals surface area contributed by atoms with Crippen molar-refractivity contribution in [1.82, 2.24) is 4.90 Å². The van der Waals surface area contributed by atoms with Gasteiger partial charge in [-0.25, -0.2) is 0 Å². The van der Waals surface area contributed by atoms with Crippen molar-refractivity contribution in [2.24, 2.45) is 17.8 Å². The zero-order valence-corrected chi connectivity index (χ0v) is 36.7. The van der Waals surface area contributed by atoms with Crippen LogP contribution >= 0.6 is 0 Å². The molecule has 2 unspecified atom stereocenters. The number of hydrogen-bond acceptors (Lipinski definition) is 5. The van der Waals surface area contributed by atoms with E-state index in [1.807, 2.05) is 6.92 Å². The highest BCUT2D eigenvalue weighted by Crippen LogP contribution is 2.29. The lowest BCUT2D eigenvalue weighted by molar-refractivity contribution is -0.143. The van der Waals surface area contributed by atoms with E-state index in [1.54, 1.807) is 0 Å². The Kier molecular flexibility index (Phi) is 40.0. The maximum Gasteiger partial charge on any atom is 0.305 e. The standard InChI is InChI=1S/C48H95NO4/c1-6-9-11-13-16-25-33-46(34-26-17-14-12-10-7-2)38-37-45(5)44(4)32-24-19-22-30-40-49(41-42-50)39-29-21-15-18-28-36-48(52)53-43-31-23-20-27-35-47(51)8-3/h44-46,50H,6-43H2,1-5H3. The number of ketones is 1. The molecule has 0 bridgehead atoms. The van der Waals surface area contributed by atoms with Crippen molar-refractivity contribution in [2.75, 3.05) is 32.8 Å². The Labute approximate surface area is 332 Å². The lowest BCUT2D eigenvalue weighted by Gasteiger charge is -2.24. The average molecular weight is 750 g/mol. The minimum atomic E-state index is -0.0643. The molecule has 0 aromatic rings. The van der Waals surface area contributed by atoms with Crippen molar-refractivity contribution in [1.29, 1.82) is 0 Å². The predicted molar refractivity (Wildman–Crippen MR) is 231 cm³/mol. The first-order chi connectivity index (χ1) is 25.9. The topological polar surface area (TPSA) is 66.8 Å². The van der Waals surface area contributed by atoms with Gasteiger partial charge in [-0.3, -0.25) is 9.59 Å². The minimum Gasteiger partial charge on any atom is -0.466 e. The van der Waals surface area contributed by atoms with Crippen molar-refractivity contribution in [3.63, 3.8) is 0 Å². The van der Waals surface area contributed by atoms with E-state index in [1.165, 1.54) is 148 Å². The summed E-state index contributed by atoms with van der Waals surface area (Å²) in [7, 11) is 0. The highest BCUT2D eigenvalue weighted by Gasteiger charge is 2.16. The molecule has 5 nitrogen and oxygen atoms in total. The summed E-state index contributed by atoms with van der Waals surface area (Å²) in [4.78, 5) is 25.8. The second kappa shape index (κ2) is 40.7. The molecule has 0 aliphatic rings. The first-order valence-corrected chi connectivity index (χ1v) is 23.9. The van der Waals surface area contributed by atoms with Crippen molar-refractivity contribution in [3.8, 4) is 0 Å². The molecule has 0 fully saturated rings. The summed E-state index contributed by atoms with van der Waals surface area (Å²) in [5.41, 5.74) is 0. The number of rotatable bonds is 43. The van der Waals surface area contributed by atoms with Crippen molar-refractivity contribution in [3.05, 3.63) is 0 Å². The van der Waals surface area contributed by atoms with Gasteiger partial charge >= 0.3 is 5.97 Å². The van der Waals surface area contributed by atoms with Crippen LogP contribution in [0.3, 0.4) is 0 Å². The number of ether oxygens (including phenoxy) is 1. The molecule has 0 saturated heterocycles. The van der Waals surface area contributed by atoms with Crippen LogP contribution in [-0.4, -0.2) is 54.6 Å². The Morgan fingerprint density at radius 3 is 1.49 bits per heavy atom. The van der Waals surface area contributed by atoms with Gasteiger partial charge in [0.25, 0.3) is 0 Å². The van der Waals surface area contributed by atoms with E-state index in [4.69, 9.17) is 4.74 Å². The number of aliphatic hydroxyl groups excluding tert-OH is 1. The van der Waals surface area contributed by atoms with E-state index < -0.39 is 0 Å². The van der Waals surface area contributed by atoms with Gasteiger partial charge < -0.3 is 14.7 Å². The molecule has 316 valence electrons. The van der Waals surface area contributed by atoms with Crippen molar-refractivity contribution in [2.45, 2.75) is 247 Å². The number of esters is 1. The molecule has 53 heavy (non-hydrogen) atoms. The number of hydrogen-bond donors (Lipinski definition) is 1. The highest BCUT2D eigenvalue weighted by molar-refractivity contribution is 5.77.